The molecule has 2 aliphatic rings. The number of carbonyl (C=O) groups excluding carboxylic acids is 2. The van der Waals surface area contributed by atoms with Crippen molar-refractivity contribution in [3.63, 3.8) is 0 Å². The van der Waals surface area contributed by atoms with Gasteiger partial charge in [-0.2, -0.15) is 0 Å². The summed E-state index contributed by atoms with van der Waals surface area (Å²) in [5.74, 6) is 0.00460. The molecule has 1 atom stereocenters. The highest BCUT2D eigenvalue weighted by atomic mass is 35.5. The van der Waals surface area contributed by atoms with Crippen molar-refractivity contribution in [2.45, 2.75) is 63.9 Å². The predicted molar refractivity (Wildman–Crippen MR) is 89.5 cm³/mol. The van der Waals surface area contributed by atoms with Gasteiger partial charge in [-0.15, -0.1) is 0 Å². The van der Waals surface area contributed by atoms with E-state index in [1.807, 2.05) is 19.1 Å². The number of hydrogen-bond donors (Lipinski definition) is 0. The Balaban J connectivity index is 1.79. The Kier molecular flexibility index (Phi) is 4.77. The summed E-state index contributed by atoms with van der Waals surface area (Å²) in [5.41, 5.74) is 1.64. The Hall–Kier alpha value is -1.35. The molecule has 0 aromatic heterocycles. The Morgan fingerprint density at radius 2 is 2.00 bits per heavy atom. The lowest BCUT2D eigenvalue weighted by atomic mass is 9.76. The first kappa shape index (κ1) is 16.5. The lowest BCUT2D eigenvalue weighted by Crippen LogP contribution is -2.48. The second-order valence-corrected chi connectivity index (χ2v) is 7.40. The van der Waals surface area contributed by atoms with Gasteiger partial charge in [0.2, 0.25) is 0 Å². The number of benzene rings is 1. The Morgan fingerprint density at radius 3 is 2.65 bits per heavy atom. The van der Waals surface area contributed by atoms with Crippen LogP contribution in [0.1, 0.15) is 56.1 Å². The van der Waals surface area contributed by atoms with E-state index in [-0.39, 0.29) is 18.2 Å². The number of cyclic esters (lactones) is 1. The second kappa shape index (κ2) is 6.64. The lowest BCUT2D eigenvalue weighted by molar-refractivity contribution is -0.178. The third kappa shape index (κ3) is 3.60. The normalized spacial score (nSPS) is 25.7. The summed E-state index contributed by atoms with van der Waals surface area (Å²) < 4.78 is 5.82. The molecule has 3 nitrogen and oxygen atoms in total. The molecule has 1 aliphatic heterocycles. The molecular formula is C19H23ClO3. The molecule has 23 heavy (non-hydrogen) atoms. The second-order valence-electron chi connectivity index (χ2n) is 7.00. The quantitative estimate of drug-likeness (QED) is 0.605. The highest BCUT2D eigenvalue weighted by Crippen LogP contribution is 2.43. The summed E-state index contributed by atoms with van der Waals surface area (Å²) >= 11 is 6.08. The monoisotopic (exact) mass is 334 g/mol. The zero-order valence-electron chi connectivity index (χ0n) is 13.6. The van der Waals surface area contributed by atoms with Crippen LogP contribution in [0.4, 0.5) is 0 Å². The zero-order valence-corrected chi connectivity index (χ0v) is 14.3. The number of halogens is 1. The maximum absolute atomic E-state index is 12.0. The summed E-state index contributed by atoms with van der Waals surface area (Å²) in [4.78, 5) is 23.9. The molecule has 1 aliphatic carbocycles. The van der Waals surface area contributed by atoms with Gasteiger partial charge < -0.3 is 4.74 Å². The first-order valence-electron chi connectivity index (χ1n) is 8.47. The third-order valence-corrected chi connectivity index (χ3v) is 5.74. The van der Waals surface area contributed by atoms with Gasteiger partial charge in [0.15, 0.2) is 0 Å². The van der Waals surface area contributed by atoms with Crippen LogP contribution in [0, 0.1) is 12.8 Å². The molecule has 4 heteroatoms. The SMILES string of the molecule is Cc1cc(CCC2(C3CCCC3)CC(=O)CC(=O)O2)ccc1Cl. The van der Waals surface area contributed by atoms with Crippen molar-refractivity contribution < 1.29 is 14.3 Å². The van der Waals surface area contributed by atoms with Crippen LogP contribution in [0.5, 0.6) is 0 Å². The highest BCUT2D eigenvalue weighted by Gasteiger charge is 2.47. The van der Waals surface area contributed by atoms with Crippen LogP contribution in [0.3, 0.4) is 0 Å². The number of aryl methyl sites for hydroxylation is 2. The molecule has 2 fully saturated rings. The van der Waals surface area contributed by atoms with Crippen LogP contribution in [-0.2, 0) is 20.7 Å². The first-order chi connectivity index (χ1) is 11.0. The van der Waals surface area contributed by atoms with Gasteiger partial charge in [-0.1, -0.05) is 36.6 Å². The number of ketones is 1. The van der Waals surface area contributed by atoms with E-state index in [0.717, 1.165) is 49.1 Å². The van der Waals surface area contributed by atoms with Gasteiger partial charge in [0.1, 0.15) is 17.8 Å². The average molecular weight is 335 g/mol. The number of rotatable bonds is 4. The largest absolute Gasteiger partial charge is 0.458 e. The van der Waals surface area contributed by atoms with Crippen LogP contribution >= 0.6 is 11.6 Å². The minimum Gasteiger partial charge on any atom is -0.458 e. The van der Waals surface area contributed by atoms with E-state index in [0.29, 0.717) is 12.3 Å². The summed E-state index contributed by atoms with van der Waals surface area (Å²) in [5, 5.41) is 0.763. The molecule has 1 heterocycles. The van der Waals surface area contributed by atoms with Crippen molar-refractivity contribution in [2.24, 2.45) is 5.92 Å². The number of ether oxygens (including phenoxy) is 1. The predicted octanol–water partition coefficient (Wildman–Crippen LogP) is 4.42. The van der Waals surface area contributed by atoms with Gasteiger partial charge in [-0.05, 0) is 55.7 Å². The minimum atomic E-state index is -0.587. The maximum Gasteiger partial charge on any atom is 0.313 e. The number of hydrogen-bond acceptors (Lipinski definition) is 3. The van der Waals surface area contributed by atoms with Crippen molar-refractivity contribution in [1.29, 1.82) is 0 Å². The fourth-order valence-electron chi connectivity index (χ4n) is 4.10. The van der Waals surface area contributed by atoms with Gasteiger partial charge in [0, 0.05) is 11.4 Å². The van der Waals surface area contributed by atoms with Gasteiger partial charge in [-0.3, -0.25) is 9.59 Å². The smallest absolute Gasteiger partial charge is 0.313 e. The summed E-state index contributed by atoms with van der Waals surface area (Å²) in [6.07, 6.45) is 6.28. The van der Waals surface area contributed by atoms with E-state index in [2.05, 4.69) is 6.07 Å². The molecule has 0 radical (unpaired) electrons. The molecule has 124 valence electrons. The molecule has 1 aromatic rings. The van der Waals surface area contributed by atoms with Crippen LogP contribution in [0.25, 0.3) is 0 Å². The van der Waals surface area contributed by atoms with E-state index in [9.17, 15) is 9.59 Å². The molecule has 0 spiro atoms. The molecule has 0 bridgehead atoms. The van der Waals surface area contributed by atoms with Crippen molar-refractivity contribution in [2.75, 3.05) is 0 Å². The van der Waals surface area contributed by atoms with Gasteiger partial charge in [-0.25, -0.2) is 0 Å². The molecule has 1 saturated carbocycles. The van der Waals surface area contributed by atoms with E-state index in [1.54, 1.807) is 0 Å². The van der Waals surface area contributed by atoms with E-state index < -0.39 is 5.60 Å². The molecule has 0 N–H and O–H groups in total. The van der Waals surface area contributed by atoms with Crippen LogP contribution in [0.2, 0.25) is 5.02 Å². The standard InChI is InChI=1S/C19H23ClO3/c1-13-10-14(6-7-17(13)20)8-9-19(15-4-2-3-5-15)12-16(21)11-18(22)23-19/h6-7,10,15H,2-5,8-9,11-12H2,1H3. The maximum atomic E-state index is 12.0. The summed E-state index contributed by atoms with van der Waals surface area (Å²) in [6, 6.07) is 6.01. The average Bonchev–Trinajstić information content (AvgIpc) is 3.02. The van der Waals surface area contributed by atoms with Crippen molar-refractivity contribution in [3.8, 4) is 0 Å². The van der Waals surface area contributed by atoms with Gasteiger partial charge in [0.25, 0.3) is 0 Å². The zero-order chi connectivity index (χ0) is 16.4. The number of esters is 1. The summed E-state index contributed by atoms with van der Waals surface area (Å²) in [7, 11) is 0. The molecule has 1 aromatic carbocycles. The molecular weight excluding hydrogens is 312 g/mol. The molecule has 3 rings (SSSR count). The Labute approximate surface area is 142 Å². The fourth-order valence-corrected chi connectivity index (χ4v) is 4.22. The van der Waals surface area contributed by atoms with Gasteiger partial charge >= 0.3 is 5.97 Å². The topological polar surface area (TPSA) is 43.4 Å². The van der Waals surface area contributed by atoms with Crippen molar-refractivity contribution in [1.82, 2.24) is 0 Å². The Morgan fingerprint density at radius 1 is 1.26 bits per heavy atom. The lowest BCUT2D eigenvalue weighted by Gasteiger charge is -2.41. The summed E-state index contributed by atoms with van der Waals surface area (Å²) in [6.45, 7) is 1.99. The molecule has 0 amide bonds. The molecule has 1 saturated heterocycles. The third-order valence-electron chi connectivity index (χ3n) is 5.31. The minimum absolute atomic E-state index is 0.0282. The van der Waals surface area contributed by atoms with Gasteiger partial charge in [0.05, 0.1) is 0 Å². The van der Waals surface area contributed by atoms with Crippen LogP contribution in [-0.4, -0.2) is 17.4 Å². The molecule has 1 unspecified atom stereocenters. The number of carbonyl (C=O) groups is 2. The van der Waals surface area contributed by atoms with E-state index in [4.69, 9.17) is 16.3 Å². The number of Topliss-reactive ketones (excluding diaryl/α,β-unsaturated/α-hetero) is 1. The van der Waals surface area contributed by atoms with E-state index in [1.165, 1.54) is 5.56 Å². The highest BCUT2D eigenvalue weighted by molar-refractivity contribution is 6.31. The van der Waals surface area contributed by atoms with Crippen LogP contribution in [0.15, 0.2) is 18.2 Å². The fraction of sp³-hybridized carbons (Fsp3) is 0.579. The Bertz CT molecular complexity index is 601. The first-order valence-corrected chi connectivity index (χ1v) is 8.85. The van der Waals surface area contributed by atoms with Crippen molar-refractivity contribution in [3.05, 3.63) is 34.3 Å². The van der Waals surface area contributed by atoms with E-state index >= 15 is 0 Å². The van der Waals surface area contributed by atoms with Crippen molar-refractivity contribution >= 4 is 23.4 Å². The van der Waals surface area contributed by atoms with Crippen LogP contribution < -0.4 is 0 Å².